The monoisotopic (exact) mass is 313 g/mol. The second-order valence-corrected chi connectivity index (χ2v) is 6.01. The predicted molar refractivity (Wildman–Crippen MR) is 89.2 cm³/mol. The Morgan fingerprint density at radius 1 is 1.18 bits per heavy atom. The third-order valence-electron chi connectivity index (χ3n) is 4.11. The van der Waals surface area contributed by atoms with E-state index in [0.717, 1.165) is 41.6 Å². The van der Waals surface area contributed by atoms with Crippen molar-refractivity contribution in [2.75, 3.05) is 17.2 Å². The van der Waals surface area contributed by atoms with Crippen molar-refractivity contribution in [3.63, 3.8) is 0 Å². The highest BCUT2D eigenvalue weighted by atomic mass is 35.5. The van der Waals surface area contributed by atoms with E-state index in [1.54, 1.807) is 0 Å². The topological polar surface area (TPSA) is 60.0 Å². The van der Waals surface area contributed by atoms with Crippen LogP contribution in [0, 0.1) is 6.92 Å². The molecule has 6 heteroatoms. The number of fused-ring (bicyclic) bond motifs is 3. The molecule has 2 aromatic heterocycles. The number of benzene rings is 1. The lowest BCUT2D eigenvalue weighted by molar-refractivity contribution is 0.580. The molecule has 1 aromatic carbocycles. The molecule has 0 spiro atoms. The lowest BCUT2D eigenvalue weighted by Gasteiger charge is -2.30. The molecule has 1 aliphatic heterocycles. The third kappa shape index (κ3) is 2.09. The number of aryl methyl sites for hydroxylation is 1. The van der Waals surface area contributed by atoms with Crippen LogP contribution in [0.1, 0.15) is 11.4 Å². The fraction of sp³-hybridized carbons (Fsp3) is 0.250. The first-order valence-corrected chi connectivity index (χ1v) is 7.62. The Labute approximate surface area is 133 Å². The van der Waals surface area contributed by atoms with Crippen molar-refractivity contribution in [1.82, 2.24) is 14.5 Å². The molecule has 3 heterocycles. The van der Waals surface area contributed by atoms with Crippen molar-refractivity contribution in [2.45, 2.75) is 20.0 Å². The second-order valence-electron chi connectivity index (χ2n) is 5.61. The minimum absolute atomic E-state index is 0.323. The number of nitrogen functional groups attached to an aromatic ring is 1. The molecule has 0 radical (unpaired) electrons. The number of anilines is 2. The summed E-state index contributed by atoms with van der Waals surface area (Å²) in [5.41, 5.74) is 9.09. The number of halogens is 1. The number of rotatable bonds is 1. The molecule has 0 saturated carbocycles. The van der Waals surface area contributed by atoms with E-state index in [9.17, 15) is 0 Å². The van der Waals surface area contributed by atoms with Crippen LogP contribution < -0.4 is 10.6 Å². The number of aromatic nitrogens is 3. The van der Waals surface area contributed by atoms with Gasteiger partial charge in [0.1, 0.15) is 5.82 Å². The van der Waals surface area contributed by atoms with E-state index >= 15 is 0 Å². The molecule has 0 saturated heterocycles. The summed E-state index contributed by atoms with van der Waals surface area (Å²) in [4.78, 5) is 10.7. The van der Waals surface area contributed by atoms with Crippen LogP contribution in [0.15, 0.2) is 30.3 Å². The zero-order valence-corrected chi connectivity index (χ0v) is 13.0. The van der Waals surface area contributed by atoms with Crippen LogP contribution in [0.4, 0.5) is 11.8 Å². The third-order valence-corrected chi connectivity index (χ3v) is 4.44. The number of nitrogens with two attached hydrogens (primary N) is 1. The SMILES string of the molecule is Cc1cc(N2CCn3c(cc4c(Cl)cccc43)C2)nc(N)n1. The lowest BCUT2D eigenvalue weighted by atomic mass is 10.2. The molecule has 0 fully saturated rings. The van der Waals surface area contributed by atoms with Gasteiger partial charge >= 0.3 is 0 Å². The standard InChI is InChI=1S/C16H16ClN5/c1-10-7-15(20-16(18)19-10)21-5-6-22-11(9-21)8-12-13(17)3-2-4-14(12)22/h2-4,7-8H,5-6,9H2,1H3,(H2,18,19,20). The largest absolute Gasteiger partial charge is 0.368 e. The second kappa shape index (κ2) is 4.88. The zero-order valence-electron chi connectivity index (χ0n) is 12.3. The van der Waals surface area contributed by atoms with Gasteiger partial charge in [-0.15, -0.1) is 0 Å². The van der Waals surface area contributed by atoms with Gasteiger partial charge in [0.2, 0.25) is 5.95 Å². The van der Waals surface area contributed by atoms with E-state index in [1.807, 2.05) is 25.1 Å². The summed E-state index contributed by atoms with van der Waals surface area (Å²) in [5.74, 6) is 1.21. The minimum Gasteiger partial charge on any atom is -0.368 e. The molecule has 5 nitrogen and oxygen atoms in total. The number of hydrogen-bond donors (Lipinski definition) is 1. The molecule has 4 rings (SSSR count). The van der Waals surface area contributed by atoms with Gasteiger partial charge in [0.15, 0.2) is 0 Å². The summed E-state index contributed by atoms with van der Waals surface area (Å²) in [7, 11) is 0. The van der Waals surface area contributed by atoms with Crippen molar-refractivity contribution < 1.29 is 0 Å². The average molecular weight is 314 g/mol. The molecule has 1 aliphatic rings. The van der Waals surface area contributed by atoms with Crippen molar-refractivity contribution in [1.29, 1.82) is 0 Å². The van der Waals surface area contributed by atoms with E-state index in [4.69, 9.17) is 17.3 Å². The van der Waals surface area contributed by atoms with E-state index in [-0.39, 0.29) is 0 Å². The Balaban J connectivity index is 1.75. The van der Waals surface area contributed by atoms with Gasteiger partial charge in [-0.2, -0.15) is 4.98 Å². The van der Waals surface area contributed by atoms with Gasteiger partial charge in [0, 0.05) is 46.5 Å². The molecule has 0 bridgehead atoms. The van der Waals surface area contributed by atoms with Crippen molar-refractivity contribution >= 4 is 34.3 Å². The Bertz CT molecular complexity index is 850. The predicted octanol–water partition coefficient (Wildman–Crippen LogP) is 3.00. The molecule has 0 unspecified atom stereocenters. The number of hydrogen-bond acceptors (Lipinski definition) is 4. The highest BCUT2D eigenvalue weighted by molar-refractivity contribution is 6.35. The van der Waals surface area contributed by atoms with Crippen molar-refractivity contribution in [3.05, 3.63) is 46.7 Å². The van der Waals surface area contributed by atoms with Gasteiger partial charge < -0.3 is 15.2 Å². The maximum absolute atomic E-state index is 6.31. The van der Waals surface area contributed by atoms with E-state index in [1.165, 1.54) is 11.2 Å². The Morgan fingerprint density at radius 2 is 2.05 bits per heavy atom. The quantitative estimate of drug-likeness (QED) is 0.750. The average Bonchev–Trinajstić information content (AvgIpc) is 2.85. The molecule has 0 atom stereocenters. The summed E-state index contributed by atoms with van der Waals surface area (Å²) in [6.45, 7) is 4.52. The maximum atomic E-state index is 6.31. The van der Waals surface area contributed by atoms with Crippen LogP contribution in [0.2, 0.25) is 5.02 Å². The summed E-state index contributed by atoms with van der Waals surface area (Å²) < 4.78 is 2.33. The van der Waals surface area contributed by atoms with Crippen LogP contribution in [0.5, 0.6) is 0 Å². The van der Waals surface area contributed by atoms with E-state index in [0.29, 0.717) is 5.95 Å². The van der Waals surface area contributed by atoms with Gasteiger partial charge in [0.05, 0.1) is 6.54 Å². The first kappa shape index (κ1) is 13.4. The summed E-state index contributed by atoms with van der Waals surface area (Å²) in [5, 5.41) is 1.91. The molecule has 3 aromatic rings. The van der Waals surface area contributed by atoms with Gasteiger partial charge in [-0.3, -0.25) is 0 Å². The molecule has 112 valence electrons. The van der Waals surface area contributed by atoms with E-state index < -0.39 is 0 Å². The normalized spacial score (nSPS) is 14.4. The van der Waals surface area contributed by atoms with Crippen molar-refractivity contribution in [2.24, 2.45) is 0 Å². The Kier molecular flexibility index (Phi) is 2.97. The first-order chi connectivity index (χ1) is 10.6. The van der Waals surface area contributed by atoms with Crippen LogP contribution >= 0.6 is 11.6 Å². The summed E-state index contributed by atoms with van der Waals surface area (Å²) in [6.07, 6.45) is 0. The highest BCUT2D eigenvalue weighted by Crippen LogP contribution is 2.30. The number of nitrogens with zero attached hydrogens (tertiary/aromatic N) is 4. The Morgan fingerprint density at radius 3 is 2.86 bits per heavy atom. The van der Waals surface area contributed by atoms with Gasteiger partial charge in [-0.25, -0.2) is 4.98 Å². The molecular formula is C16H16ClN5. The Hall–Kier alpha value is -2.27. The summed E-state index contributed by atoms with van der Waals surface area (Å²) >= 11 is 6.31. The van der Waals surface area contributed by atoms with Crippen LogP contribution in [-0.2, 0) is 13.1 Å². The molecule has 2 N–H and O–H groups in total. The van der Waals surface area contributed by atoms with Crippen LogP contribution in [0.3, 0.4) is 0 Å². The minimum atomic E-state index is 0.323. The fourth-order valence-electron chi connectivity index (χ4n) is 3.13. The van der Waals surface area contributed by atoms with Crippen LogP contribution in [-0.4, -0.2) is 21.1 Å². The lowest BCUT2D eigenvalue weighted by Crippen LogP contribution is -2.34. The summed E-state index contributed by atoms with van der Waals surface area (Å²) in [6, 6.07) is 10.2. The van der Waals surface area contributed by atoms with E-state index in [2.05, 4.69) is 31.6 Å². The molecular weight excluding hydrogens is 298 g/mol. The van der Waals surface area contributed by atoms with Gasteiger partial charge in [-0.1, -0.05) is 17.7 Å². The fourth-order valence-corrected chi connectivity index (χ4v) is 3.35. The molecule has 22 heavy (non-hydrogen) atoms. The highest BCUT2D eigenvalue weighted by Gasteiger charge is 2.20. The smallest absolute Gasteiger partial charge is 0.222 e. The van der Waals surface area contributed by atoms with Crippen LogP contribution in [0.25, 0.3) is 10.9 Å². The van der Waals surface area contributed by atoms with Gasteiger partial charge in [0.25, 0.3) is 0 Å². The molecule has 0 amide bonds. The maximum Gasteiger partial charge on any atom is 0.222 e. The molecule has 0 aliphatic carbocycles. The van der Waals surface area contributed by atoms with Crippen molar-refractivity contribution in [3.8, 4) is 0 Å². The van der Waals surface area contributed by atoms with Gasteiger partial charge in [-0.05, 0) is 25.1 Å². The zero-order chi connectivity index (χ0) is 15.3. The first-order valence-electron chi connectivity index (χ1n) is 7.24.